The van der Waals surface area contributed by atoms with Crippen molar-refractivity contribution >= 4 is 11.7 Å². The highest BCUT2D eigenvalue weighted by molar-refractivity contribution is 5.74. The number of carbonyl (C=O) groups is 1. The van der Waals surface area contributed by atoms with Crippen LogP contribution in [0.15, 0.2) is 18.2 Å². The van der Waals surface area contributed by atoms with Crippen LogP contribution in [0.25, 0.3) is 0 Å². The average Bonchev–Trinajstić information content (AvgIpc) is 2.52. The zero-order chi connectivity index (χ0) is 19.7. The highest BCUT2D eigenvalue weighted by Gasteiger charge is 2.20. The molecule has 10 heteroatoms. The fraction of sp³-hybridized carbons (Fsp3) is 0.562. The molecule has 0 amide bonds. The van der Waals surface area contributed by atoms with Gasteiger partial charge in [-0.15, -0.1) is 10.1 Å². The molecule has 1 rings (SSSR count). The number of rotatable bonds is 12. The third-order valence-corrected chi connectivity index (χ3v) is 3.67. The first-order valence-electron chi connectivity index (χ1n) is 8.03. The van der Waals surface area contributed by atoms with Crippen molar-refractivity contribution in [2.45, 2.75) is 38.3 Å². The number of anilines is 1. The van der Waals surface area contributed by atoms with Gasteiger partial charge in [-0.1, -0.05) is 6.07 Å². The first kappa shape index (κ1) is 21.5. The molecule has 0 aliphatic heterocycles. The van der Waals surface area contributed by atoms with Gasteiger partial charge in [0.25, 0.3) is 5.09 Å². The first-order chi connectivity index (χ1) is 12.1. The molecule has 0 radical (unpaired) electrons. The molecule has 26 heavy (non-hydrogen) atoms. The van der Waals surface area contributed by atoms with E-state index in [1.807, 2.05) is 13.8 Å². The second kappa shape index (κ2) is 9.78. The highest BCUT2D eigenvalue weighted by atomic mass is 16.9. The largest absolute Gasteiger partial charge is 0.490 e. The Morgan fingerprint density at radius 1 is 1.46 bits per heavy atom. The van der Waals surface area contributed by atoms with Crippen LogP contribution in [0.4, 0.5) is 5.69 Å². The summed E-state index contributed by atoms with van der Waals surface area (Å²) < 4.78 is 5.51. The minimum atomic E-state index is -1.03. The molecular formula is C16H25N3O7. The van der Waals surface area contributed by atoms with E-state index in [-0.39, 0.29) is 26.2 Å². The lowest BCUT2D eigenvalue weighted by Crippen LogP contribution is -2.45. The zero-order valence-corrected chi connectivity index (χ0v) is 14.8. The molecular weight excluding hydrogens is 346 g/mol. The molecule has 1 unspecified atom stereocenters. The van der Waals surface area contributed by atoms with Gasteiger partial charge in [0.05, 0.1) is 13.0 Å². The van der Waals surface area contributed by atoms with Gasteiger partial charge in [-0.2, -0.15) is 0 Å². The van der Waals surface area contributed by atoms with Crippen LogP contribution in [0.3, 0.4) is 0 Å². The number of aliphatic hydroxyl groups excluding tert-OH is 1. The van der Waals surface area contributed by atoms with Crippen LogP contribution < -0.4 is 15.8 Å². The van der Waals surface area contributed by atoms with Gasteiger partial charge in [-0.25, -0.2) is 0 Å². The number of nitrogens with two attached hydrogens (primary N) is 1. The van der Waals surface area contributed by atoms with E-state index in [2.05, 4.69) is 10.2 Å². The number of benzene rings is 1. The van der Waals surface area contributed by atoms with Crippen LogP contribution in [0, 0.1) is 10.1 Å². The van der Waals surface area contributed by atoms with Gasteiger partial charge in [0.1, 0.15) is 18.5 Å². The van der Waals surface area contributed by atoms with E-state index in [1.165, 1.54) is 0 Å². The summed E-state index contributed by atoms with van der Waals surface area (Å²) >= 11 is 0. The van der Waals surface area contributed by atoms with Crippen LogP contribution >= 0.6 is 0 Å². The molecule has 0 spiro atoms. The van der Waals surface area contributed by atoms with Gasteiger partial charge in [-0.05, 0) is 32.4 Å². The van der Waals surface area contributed by atoms with Crippen molar-refractivity contribution in [3.8, 4) is 5.75 Å². The number of hydrogen-bond donors (Lipinski definition) is 4. The Bertz CT molecular complexity index is 622. The smallest absolute Gasteiger partial charge is 0.308 e. The van der Waals surface area contributed by atoms with Crippen molar-refractivity contribution in [2.75, 3.05) is 25.5 Å². The summed E-state index contributed by atoms with van der Waals surface area (Å²) in [6.07, 6.45) is -0.774. The van der Waals surface area contributed by atoms with E-state index >= 15 is 0 Å². The van der Waals surface area contributed by atoms with E-state index in [1.54, 1.807) is 18.2 Å². The monoisotopic (exact) mass is 371 g/mol. The summed E-state index contributed by atoms with van der Waals surface area (Å²) in [4.78, 5) is 25.4. The number of ether oxygens (including phenoxy) is 1. The van der Waals surface area contributed by atoms with Crippen molar-refractivity contribution in [3.63, 3.8) is 0 Å². The van der Waals surface area contributed by atoms with Gasteiger partial charge < -0.3 is 30.8 Å². The first-order valence-corrected chi connectivity index (χ1v) is 8.03. The molecule has 1 aromatic rings. The number of nitrogens with one attached hydrogen (secondary N) is 1. The minimum Gasteiger partial charge on any atom is -0.490 e. The summed E-state index contributed by atoms with van der Waals surface area (Å²) in [6, 6.07) is 4.81. The number of hydrogen-bond acceptors (Lipinski definition) is 8. The lowest BCUT2D eigenvalue weighted by atomic mass is 10.0. The maximum Gasteiger partial charge on any atom is 0.308 e. The normalized spacial score (nSPS) is 12.4. The van der Waals surface area contributed by atoms with Crippen molar-refractivity contribution in [1.82, 2.24) is 5.32 Å². The Labute approximate surface area is 151 Å². The summed E-state index contributed by atoms with van der Waals surface area (Å²) in [7, 11) is 0. The molecule has 0 bridgehead atoms. The van der Waals surface area contributed by atoms with E-state index in [4.69, 9.17) is 15.6 Å². The van der Waals surface area contributed by atoms with Crippen LogP contribution in [0.5, 0.6) is 5.75 Å². The fourth-order valence-corrected chi connectivity index (χ4v) is 2.16. The van der Waals surface area contributed by atoms with E-state index in [0.717, 1.165) is 0 Å². The Hall–Kier alpha value is -2.59. The number of nitrogens with zero attached hydrogens (tertiary/aromatic N) is 1. The predicted octanol–water partition coefficient (Wildman–Crippen LogP) is 0.602. The summed E-state index contributed by atoms with van der Waals surface area (Å²) in [5.74, 6) is -0.723. The van der Waals surface area contributed by atoms with Crippen LogP contribution in [-0.4, -0.2) is 52.7 Å². The highest BCUT2D eigenvalue weighted by Crippen LogP contribution is 2.25. The Morgan fingerprint density at radius 3 is 2.77 bits per heavy atom. The minimum absolute atomic E-state index is 0.0541. The van der Waals surface area contributed by atoms with Crippen LogP contribution in [-0.2, 0) is 16.1 Å². The van der Waals surface area contributed by atoms with Crippen LogP contribution in [0.1, 0.15) is 25.8 Å². The van der Waals surface area contributed by atoms with Crippen molar-refractivity contribution < 1.29 is 29.7 Å². The lowest BCUT2D eigenvalue weighted by molar-refractivity contribution is -0.758. The number of nitrogen functional groups attached to an aromatic ring is 1. The molecule has 0 fully saturated rings. The van der Waals surface area contributed by atoms with Crippen molar-refractivity contribution in [2.24, 2.45) is 0 Å². The maximum atomic E-state index is 10.9. The molecule has 0 saturated heterocycles. The molecule has 0 heterocycles. The summed E-state index contributed by atoms with van der Waals surface area (Å²) in [5.41, 5.74) is 5.97. The lowest BCUT2D eigenvalue weighted by Gasteiger charge is -2.27. The molecule has 0 aromatic heterocycles. The Balaban J connectivity index is 2.49. The van der Waals surface area contributed by atoms with Gasteiger partial charge in [0.15, 0.2) is 0 Å². The molecule has 1 aromatic carbocycles. The number of carboxylic acids is 1. The van der Waals surface area contributed by atoms with Crippen molar-refractivity contribution in [1.29, 1.82) is 0 Å². The standard InChI is InChI=1S/C16H25N3O7/c1-16(2,6-7-26-19(23)24)18-9-11(20)10-25-14-5-3-4-13(17)12(14)8-15(21)22/h3-5,11,18,20H,6-10,17H2,1-2H3,(H,21,22). The van der Waals surface area contributed by atoms with Gasteiger partial charge in [-0.3, -0.25) is 4.79 Å². The number of aliphatic carboxylic acids is 1. The Morgan fingerprint density at radius 2 is 2.15 bits per heavy atom. The molecule has 0 saturated carbocycles. The van der Waals surface area contributed by atoms with Crippen LogP contribution in [0.2, 0.25) is 0 Å². The number of aliphatic hydroxyl groups is 1. The molecule has 0 aliphatic rings. The second-order valence-electron chi connectivity index (χ2n) is 6.43. The van der Waals surface area contributed by atoms with Gasteiger partial charge in [0, 0.05) is 23.3 Å². The van der Waals surface area contributed by atoms with E-state index in [0.29, 0.717) is 23.4 Å². The number of carboxylic acid groups (broad SMARTS) is 1. The third kappa shape index (κ3) is 7.99. The molecule has 10 nitrogen and oxygen atoms in total. The van der Waals surface area contributed by atoms with Gasteiger partial charge >= 0.3 is 5.97 Å². The Kier molecular flexibility index (Phi) is 8.07. The molecule has 0 aliphatic carbocycles. The van der Waals surface area contributed by atoms with Crippen molar-refractivity contribution in [3.05, 3.63) is 33.9 Å². The maximum absolute atomic E-state index is 10.9. The number of β-amino-alcohol motifs (C(OH)–C–C–N with tert-alkyl or cyclic N) is 1. The summed E-state index contributed by atoms with van der Waals surface area (Å²) in [5, 5.41) is 31.4. The zero-order valence-electron chi connectivity index (χ0n) is 14.8. The molecule has 146 valence electrons. The SMILES string of the molecule is CC(C)(CCO[N+](=O)[O-])NCC(O)COc1cccc(N)c1CC(=O)O. The molecule has 1 atom stereocenters. The second-order valence-corrected chi connectivity index (χ2v) is 6.43. The average molecular weight is 371 g/mol. The quantitative estimate of drug-likeness (QED) is 0.234. The van der Waals surface area contributed by atoms with E-state index < -0.39 is 22.7 Å². The summed E-state index contributed by atoms with van der Waals surface area (Å²) in [6.45, 7) is 3.72. The fourth-order valence-electron chi connectivity index (χ4n) is 2.16. The molecule has 5 N–H and O–H groups in total. The van der Waals surface area contributed by atoms with E-state index in [9.17, 15) is 20.0 Å². The third-order valence-electron chi connectivity index (χ3n) is 3.67. The topological polar surface area (TPSA) is 157 Å². The van der Waals surface area contributed by atoms with Gasteiger partial charge in [0.2, 0.25) is 0 Å². The predicted molar refractivity (Wildman–Crippen MR) is 93.3 cm³/mol.